The number of amides is 1. The highest BCUT2D eigenvalue weighted by atomic mass is 16.4. The van der Waals surface area contributed by atoms with Crippen molar-refractivity contribution in [3.63, 3.8) is 0 Å². The lowest BCUT2D eigenvalue weighted by Crippen LogP contribution is -2.35. The summed E-state index contributed by atoms with van der Waals surface area (Å²) >= 11 is 0. The molecule has 1 aliphatic rings. The zero-order chi connectivity index (χ0) is 10.6. The lowest BCUT2D eigenvalue weighted by atomic mass is 9.98. The molecule has 0 atom stereocenters. The summed E-state index contributed by atoms with van der Waals surface area (Å²) in [5.74, 6) is 0. The molecule has 0 unspecified atom stereocenters. The molecule has 1 N–H and O–H groups in total. The molecule has 1 heterocycles. The predicted molar refractivity (Wildman–Crippen MR) is 56.3 cm³/mol. The molecule has 1 amide bonds. The topological polar surface area (TPSA) is 40.5 Å². The summed E-state index contributed by atoms with van der Waals surface area (Å²) in [5, 5.41) is 8.86. The number of hydrogen-bond donors (Lipinski definition) is 1. The van der Waals surface area contributed by atoms with E-state index in [4.69, 9.17) is 5.11 Å². The van der Waals surface area contributed by atoms with E-state index in [0.29, 0.717) is 13.1 Å². The summed E-state index contributed by atoms with van der Waals surface area (Å²) in [6.07, 6.45) is 5.07. The molecular weight excluding hydrogens is 178 g/mol. The third-order valence-electron chi connectivity index (χ3n) is 2.56. The van der Waals surface area contributed by atoms with Crippen LogP contribution in [0.1, 0.15) is 26.7 Å². The van der Waals surface area contributed by atoms with Crippen molar-refractivity contribution >= 4 is 6.09 Å². The monoisotopic (exact) mass is 195 g/mol. The Morgan fingerprint density at radius 3 is 2.86 bits per heavy atom. The van der Waals surface area contributed by atoms with Crippen molar-refractivity contribution in [2.45, 2.75) is 26.7 Å². The van der Waals surface area contributed by atoms with Crippen molar-refractivity contribution in [2.24, 2.45) is 0 Å². The molecule has 1 aliphatic heterocycles. The van der Waals surface area contributed by atoms with Gasteiger partial charge in [-0.3, -0.25) is 0 Å². The van der Waals surface area contributed by atoms with Gasteiger partial charge >= 0.3 is 6.09 Å². The maximum atomic E-state index is 10.8. The number of hydrogen-bond acceptors (Lipinski definition) is 1. The van der Waals surface area contributed by atoms with Gasteiger partial charge in [-0.1, -0.05) is 24.6 Å². The highest BCUT2D eigenvalue weighted by Crippen LogP contribution is 2.21. The fourth-order valence-electron chi connectivity index (χ4n) is 1.77. The first-order valence-electron chi connectivity index (χ1n) is 5.00. The third kappa shape index (κ3) is 2.37. The Hall–Kier alpha value is -1.25. The van der Waals surface area contributed by atoms with Gasteiger partial charge in [0.05, 0.1) is 0 Å². The van der Waals surface area contributed by atoms with Gasteiger partial charge < -0.3 is 10.0 Å². The molecule has 0 fully saturated rings. The first-order chi connectivity index (χ1) is 6.69. The molecule has 1 rings (SSSR count). The standard InChI is InChI=1S/C11H17NO2/c1-3-5-10-8-12(11(13)14)7-6-9(10)4-2/h3,5H,4,6-8H2,1-2H3,(H,13,14)/b5-3-. The quantitative estimate of drug-likeness (QED) is 0.735. The molecule has 0 bridgehead atoms. The molecule has 0 saturated heterocycles. The second kappa shape index (κ2) is 4.84. The summed E-state index contributed by atoms with van der Waals surface area (Å²) in [6, 6.07) is 0. The van der Waals surface area contributed by atoms with E-state index < -0.39 is 6.09 Å². The van der Waals surface area contributed by atoms with Crippen LogP contribution < -0.4 is 0 Å². The molecule has 78 valence electrons. The predicted octanol–water partition coefficient (Wildman–Crippen LogP) is 2.65. The van der Waals surface area contributed by atoms with E-state index in [0.717, 1.165) is 12.8 Å². The maximum Gasteiger partial charge on any atom is 0.407 e. The van der Waals surface area contributed by atoms with Crippen LogP contribution >= 0.6 is 0 Å². The Labute approximate surface area is 84.7 Å². The molecule has 0 saturated carbocycles. The number of carbonyl (C=O) groups is 1. The Bertz CT molecular complexity index is 279. The average Bonchev–Trinajstić information content (AvgIpc) is 2.18. The summed E-state index contributed by atoms with van der Waals surface area (Å²) < 4.78 is 0. The largest absolute Gasteiger partial charge is 0.465 e. The lowest BCUT2D eigenvalue weighted by Gasteiger charge is -2.27. The normalized spacial score (nSPS) is 18.0. The van der Waals surface area contributed by atoms with E-state index in [1.54, 1.807) is 0 Å². The minimum atomic E-state index is -0.817. The molecule has 14 heavy (non-hydrogen) atoms. The van der Waals surface area contributed by atoms with Gasteiger partial charge in [0.25, 0.3) is 0 Å². The molecule has 0 aliphatic carbocycles. The van der Waals surface area contributed by atoms with E-state index >= 15 is 0 Å². The van der Waals surface area contributed by atoms with E-state index in [1.807, 2.05) is 19.1 Å². The van der Waals surface area contributed by atoms with Crippen LogP contribution in [0, 0.1) is 0 Å². The molecule has 0 aromatic carbocycles. The molecule has 0 aromatic heterocycles. The van der Waals surface area contributed by atoms with Crippen molar-refractivity contribution in [3.05, 3.63) is 23.3 Å². The van der Waals surface area contributed by atoms with E-state index in [2.05, 4.69) is 6.92 Å². The van der Waals surface area contributed by atoms with Gasteiger partial charge in [-0.25, -0.2) is 4.79 Å². The van der Waals surface area contributed by atoms with Crippen molar-refractivity contribution < 1.29 is 9.90 Å². The SMILES string of the molecule is C/C=C\C1=C(CC)CCN(C(=O)O)C1. The molecule has 0 radical (unpaired) electrons. The van der Waals surface area contributed by atoms with Crippen molar-refractivity contribution in [3.8, 4) is 0 Å². The number of carboxylic acid groups (broad SMARTS) is 1. The second-order valence-electron chi connectivity index (χ2n) is 3.44. The van der Waals surface area contributed by atoms with Crippen LogP contribution in [0.25, 0.3) is 0 Å². The number of allylic oxidation sites excluding steroid dienone is 1. The summed E-state index contributed by atoms with van der Waals surface area (Å²) in [4.78, 5) is 12.2. The molecule has 3 heteroatoms. The number of rotatable bonds is 2. The first-order valence-corrected chi connectivity index (χ1v) is 5.00. The van der Waals surface area contributed by atoms with Gasteiger partial charge in [0.15, 0.2) is 0 Å². The second-order valence-corrected chi connectivity index (χ2v) is 3.44. The smallest absolute Gasteiger partial charge is 0.407 e. The molecular formula is C11H17NO2. The Balaban J connectivity index is 2.81. The van der Waals surface area contributed by atoms with Crippen LogP contribution in [0.4, 0.5) is 4.79 Å². The average molecular weight is 195 g/mol. The van der Waals surface area contributed by atoms with Crippen molar-refractivity contribution in [1.29, 1.82) is 0 Å². The Morgan fingerprint density at radius 2 is 2.36 bits per heavy atom. The van der Waals surface area contributed by atoms with Crippen LogP contribution in [-0.2, 0) is 0 Å². The Morgan fingerprint density at radius 1 is 1.64 bits per heavy atom. The third-order valence-corrected chi connectivity index (χ3v) is 2.56. The summed E-state index contributed by atoms with van der Waals surface area (Å²) in [7, 11) is 0. The van der Waals surface area contributed by atoms with Gasteiger partial charge in [0.1, 0.15) is 0 Å². The maximum absolute atomic E-state index is 10.8. The van der Waals surface area contributed by atoms with E-state index in [-0.39, 0.29) is 0 Å². The fraction of sp³-hybridized carbons (Fsp3) is 0.545. The van der Waals surface area contributed by atoms with Gasteiger partial charge in [-0.05, 0) is 25.3 Å². The van der Waals surface area contributed by atoms with E-state index in [9.17, 15) is 4.79 Å². The van der Waals surface area contributed by atoms with Crippen molar-refractivity contribution in [1.82, 2.24) is 4.90 Å². The zero-order valence-corrected chi connectivity index (χ0v) is 8.79. The van der Waals surface area contributed by atoms with Gasteiger partial charge in [0, 0.05) is 13.1 Å². The summed E-state index contributed by atoms with van der Waals surface area (Å²) in [6.45, 7) is 5.26. The van der Waals surface area contributed by atoms with Crippen LogP contribution in [-0.4, -0.2) is 29.2 Å². The lowest BCUT2D eigenvalue weighted by molar-refractivity contribution is 0.147. The van der Waals surface area contributed by atoms with Crippen LogP contribution in [0.15, 0.2) is 23.3 Å². The minimum Gasteiger partial charge on any atom is -0.465 e. The Kier molecular flexibility index (Phi) is 3.74. The summed E-state index contributed by atoms with van der Waals surface area (Å²) in [5.41, 5.74) is 2.56. The van der Waals surface area contributed by atoms with Gasteiger partial charge in [-0.2, -0.15) is 0 Å². The van der Waals surface area contributed by atoms with Crippen LogP contribution in [0.2, 0.25) is 0 Å². The van der Waals surface area contributed by atoms with Crippen molar-refractivity contribution in [2.75, 3.05) is 13.1 Å². The minimum absolute atomic E-state index is 0.544. The molecule has 3 nitrogen and oxygen atoms in total. The van der Waals surface area contributed by atoms with Crippen LogP contribution in [0.3, 0.4) is 0 Å². The fourth-order valence-corrected chi connectivity index (χ4v) is 1.77. The van der Waals surface area contributed by atoms with Crippen LogP contribution in [0.5, 0.6) is 0 Å². The van der Waals surface area contributed by atoms with E-state index in [1.165, 1.54) is 16.0 Å². The number of nitrogens with zero attached hydrogens (tertiary/aromatic N) is 1. The first kappa shape index (κ1) is 10.8. The molecule has 0 spiro atoms. The highest BCUT2D eigenvalue weighted by Gasteiger charge is 2.19. The highest BCUT2D eigenvalue weighted by molar-refractivity contribution is 5.66. The van der Waals surface area contributed by atoms with Gasteiger partial charge in [0.2, 0.25) is 0 Å². The molecule has 0 aromatic rings. The zero-order valence-electron chi connectivity index (χ0n) is 8.79. The van der Waals surface area contributed by atoms with Gasteiger partial charge in [-0.15, -0.1) is 0 Å².